The number of nitrogens with zero attached hydrogens (tertiary/aromatic N) is 1. The van der Waals surface area contributed by atoms with E-state index in [4.69, 9.17) is 4.74 Å². The van der Waals surface area contributed by atoms with Crippen molar-refractivity contribution < 1.29 is 4.74 Å². The van der Waals surface area contributed by atoms with Gasteiger partial charge in [-0.05, 0) is 56.7 Å². The maximum atomic E-state index is 5.68. The van der Waals surface area contributed by atoms with Crippen molar-refractivity contribution in [3.63, 3.8) is 0 Å². The molecule has 1 N–H and O–H groups in total. The molecule has 3 heteroatoms. The summed E-state index contributed by atoms with van der Waals surface area (Å²) in [6.07, 6.45) is 11.6. The van der Waals surface area contributed by atoms with Gasteiger partial charge in [-0.1, -0.05) is 13.0 Å². The Hall–Kier alpha value is -0.930. The van der Waals surface area contributed by atoms with Gasteiger partial charge in [-0.15, -0.1) is 0 Å². The van der Waals surface area contributed by atoms with E-state index in [2.05, 4.69) is 23.3 Å². The Morgan fingerprint density at radius 1 is 1.53 bits per heavy atom. The van der Waals surface area contributed by atoms with Gasteiger partial charge < -0.3 is 10.1 Å². The van der Waals surface area contributed by atoms with Crippen molar-refractivity contribution in [1.82, 2.24) is 10.3 Å². The molecule has 0 radical (unpaired) electrons. The summed E-state index contributed by atoms with van der Waals surface area (Å²) in [5, 5.41) is 3.59. The topological polar surface area (TPSA) is 34.1 Å². The van der Waals surface area contributed by atoms with Gasteiger partial charge in [0.05, 0.1) is 6.10 Å². The molecular formula is C16H26N2O. The first-order chi connectivity index (χ1) is 9.38. The van der Waals surface area contributed by atoms with Crippen LogP contribution >= 0.6 is 0 Å². The van der Waals surface area contributed by atoms with E-state index in [1.807, 2.05) is 18.5 Å². The Bertz CT molecular complexity index is 336. The molecule has 2 unspecified atom stereocenters. The minimum absolute atomic E-state index is 0.528. The van der Waals surface area contributed by atoms with E-state index in [0.717, 1.165) is 19.6 Å². The molecule has 0 saturated carbocycles. The predicted molar refractivity (Wildman–Crippen MR) is 78.2 cm³/mol. The molecule has 0 amide bonds. The molecule has 1 aromatic heterocycles. The van der Waals surface area contributed by atoms with Crippen LogP contribution in [-0.4, -0.2) is 30.3 Å². The largest absolute Gasteiger partial charge is 0.378 e. The van der Waals surface area contributed by atoms with Crippen LogP contribution in [0.1, 0.15) is 44.6 Å². The lowest BCUT2D eigenvalue weighted by Crippen LogP contribution is -2.31. The summed E-state index contributed by atoms with van der Waals surface area (Å²) in [5.41, 5.74) is 1.32. The highest BCUT2D eigenvalue weighted by Crippen LogP contribution is 2.18. The molecule has 1 aromatic rings. The second-order valence-corrected chi connectivity index (χ2v) is 5.39. The summed E-state index contributed by atoms with van der Waals surface area (Å²) in [6.45, 7) is 4.18. The average molecular weight is 262 g/mol. The van der Waals surface area contributed by atoms with Crippen LogP contribution in [0.3, 0.4) is 0 Å². The number of aromatic nitrogens is 1. The van der Waals surface area contributed by atoms with Gasteiger partial charge in [-0.25, -0.2) is 0 Å². The zero-order valence-corrected chi connectivity index (χ0v) is 12.0. The molecular weight excluding hydrogens is 236 g/mol. The van der Waals surface area contributed by atoms with Gasteiger partial charge in [0.1, 0.15) is 0 Å². The fourth-order valence-electron chi connectivity index (χ4n) is 2.83. The fraction of sp³-hybridized carbons (Fsp3) is 0.688. The van der Waals surface area contributed by atoms with Crippen LogP contribution < -0.4 is 5.32 Å². The predicted octanol–water partition coefficient (Wildman–Crippen LogP) is 2.95. The molecule has 2 heterocycles. The molecule has 0 bridgehead atoms. The summed E-state index contributed by atoms with van der Waals surface area (Å²) in [4.78, 5) is 4.19. The van der Waals surface area contributed by atoms with Gasteiger partial charge in [0, 0.05) is 25.0 Å². The minimum atomic E-state index is 0.528. The van der Waals surface area contributed by atoms with Gasteiger partial charge in [-0.2, -0.15) is 0 Å². The molecule has 19 heavy (non-hydrogen) atoms. The molecule has 3 nitrogen and oxygen atoms in total. The summed E-state index contributed by atoms with van der Waals surface area (Å²) in [5.74, 6) is 0. The third-order valence-electron chi connectivity index (χ3n) is 3.80. The molecule has 1 aliphatic heterocycles. The summed E-state index contributed by atoms with van der Waals surface area (Å²) in [6, 6.07) is 4.75. The molecule has 0 aliphatic carbocycles. The maximum absolute atomic E-state index is 5.68. The quantitative estimate of drug-likeness (QED) is 0.782. The number of likely N-dealkylation sites (N-methyl/N-ethyl adjacent to an activating group) is 1. The van der Waals surface area contributed by atoms with E-state index in [1.54, 1.807) is 0 Å². The first-order valence-corrected chi connectivity index (χ1v) is 7.62. The Kier molecular flexibility index (Phi) is 6.31. The van der Waals surface area contributed by atoms with Crippen LogP contribution in [0.4, 0.5) is 0 Å². The molecule has 0 aromatic carbocycles. The summed E-state index contributed by atoms with van der Waals surface area (Å²) in [7, 11) is 0. The van der Waals surface area contributed by atoms with Crippen molar-refractivity contribution in [3.8, 4) is 0 Å². The average Bonchev–Trinajstić information content (AvgIpc) is 2.93. The number of hydrogen-bond donors (Lipinski definition) is 1. The molecule has 0 spiro atoms. The van der Waals surface area contributed by atoms with Gasteiger partial charge in [-0.3, -0.25) is 4.98 Å². The third kappa shape index (κ3) is 5.29. The van der Waals surface area contributed by atoms with Crippen molar-refractivity contribution in [2.75, 3.05) is 13.2 Å². The van der Waals surface area contributed by atoms with E-state index in [-0.39, 0.29) is 0 Å². The first kappa shape index (κ1) is 14.5. The van der Waals surface area contributed by atoms with Crippen molar-refractivity contribution in [1.29, 1.82) is 0 Å². The van der Waals surface area contributed by atoms with Gasteiger partial charge in [0.2, 0.25) is 0 Å². The van der Waals surface area contributed by atoms with Gasteiger partial charge in [0.25, 0.3) is 0 Å². The van der Waals surface area contributed by atoms with E-state index in [9.17, 15) is 0 Å². The molecule has 1 saturated heterocycles. The lowest BCUT2D eigenvalue weighted by atomic mass is 10.00. The fourth-order valence-corrected chi connectivity index (χ4v) is 2.83. The van der Waals surface area contributed by atoms with Crippen molar-refractivity contribution in [2.24, 2.45) is 0 Å². The maximum Gasteiger partial charge on any atom is 0.0576 e. The minimum Gasteiger partial charge on any atom is -0.378 e. The van der Waals surface area contributed by atoms with Crippen LogP contribution in [0.15, 0.2) is 24.5 Å². The summed E-state index contributed by atoms with van der Waals surface area (Å²) >= 11 is 0. The monoisotopic (exact) mass is 262 g/mol. The van der Waals surface area contributed by atoms with Crippen LogP contribution in [0.25, 0.3) is 0 Å². The lowest BCUT2D eigenvalue weighted by Gasteiger charge is -2.18. The number of nitrogens with one attached hydrogen (secondary N) is 1. The smallest absolute Gasteiger partial charge is 0.0576 e. The highest BCUT2D eigenvalue weighted by atomic mass is 16.5. The third-order valence-corrected chi connectivity index (χ3v) is 3.80. The van der Waals surface area contributed by atoms with E-state index < -0.39 is 0 Å². The SMILES string of the molecule is CCNC(CCCC1CCCO1)Cc1cccnc1. The zero-order valence-electron chi connectivity index (χ0n) is 12.0. The molecule has 1 fully saturated rings. The number of rotatable bonds is 8. The molecule has 2 atom stereocenters. The van der Waals surface area contributed by atoms with Crippen LogP contribution in [0.5, 0.6) is 0 Å². The Morgan fingerprint density at radius 3 is 3.16 bits per heavy atom. The number of hydrogen-bond acceptors (Lipinski definition) is 3. The van der Waals surface area contributed by atoms with Gasteiger partial charge >= 0.3 is 0 Å². The normalized spacial score (nSPS) is 20.6. The second kappa shape index (κ2) is 8.28. The Morgan fingerprint density at radius 2 is 2.47 bits per heavy atom. The molecule has 106 valence electrons. The van der Waals surface area contributed by atoms with E-state index in [1.165, 1.54) is 37.7 Å². The Labute approximate surface area is 116 Å². The van der Waals surface area contributed by atoms with Crippen LogP contribution in [0, 0.1) is 0 Å². The van der Waals surface area contributed by atoms with E-state index >= 15 is 0 Å². The number of ether oxygens (including phenoxy) is 1. The number of pyridine rings is 1. The van der Waals surface area contributed by atoms with Crippen LogP contribution in [0.2, 0.25) is 0 Å². The van der Waals surface area contributed by atoms with Gasteiger partial charge in [0.15, 0.2) is 0 Å². The highest BCUT2D eigenvalue weighted by Gasteiger charge is 2.16. The standard InChI is InChI=1S/C16H26N2O/c1-2-18-15(12-14-6-4-10-17-13-14)7-3-8-16-9-5-11-19-16/h4,6,10,13,15-16,18H,2-3,5,7-9,11-12H2,1H3. The Balaban J connectivity index is 1.72. The van der Waals surface area contributed by atoms with E-state index in [0.29, 0.717) is 12.1 Å². The summed E-state index contributed by atoms with van der Waals surface area (Å²) < 4.78 is 5.68. The lowest BCUT2D eigenvalue weighted by molar-refractivity contribution is 0.101. The molecule has 2 rings (SSSR count). The van der Waals surface area contributed by atoms with Crippen molar-refractivity contribution in [2.45, 2.75) is 57.6 Å². The molecule has 1 aliphatic rings. The van der Waals surface area contributed by atoms with Crippen molar-refractivity contribution >= 4 is 0 Å². The zero-order chi connectivity index (χ0) is 13.3. The second-order valence-electron chi connectivity index (χ2n) is 5.39. The van der Waals surface area contributed by atoms with Crippen molar-refractivity contribution in [3.05, 3.63) is 30.1 Å². The highest BCUT2D eigenvalue weighted by molar-refractivity contribution is 5.10. The first-order valence-electron chi connectivity index (χ1n) is 7.62. The van der Waals surface area contributed by atoms with Crippen LogP contribution in [-0.2, 0) is 11.2 Å².